The van der Waals surface area contributed by atoms with Crippen molar-refractivity contribution in [3.05, 3.63) is 58.9 Å². The van der Waals surface area contributed by atoms with Crippen molar-refractivity contribution in [3.8, 4) is 0 Å². The Morgan fingerprint density at radius 1 is 1.07 bits per heavy atom. The molecule has 1 aliphatic rings. The van der Waals surface area contributed by atoms with Crippen molar-refractivity contribution in [3.63, 3.8) is 0 Å². The van der Waals surface area contributed by atoms with Crippen molar-refractivity contribution in [1.82, 2.24) is 4.90 Å². The molecule has 0 bridgehead atoms. The van der Waals surface area contributed by atoms with Gasteiger partial charge in [0.15, 0.2) is 5.78 Å². The van der Waals surface area contributed by atoms with Gasteiger partial charge >= 0.3 is 0 Å². The summed E-state index contributed by atoms with van der Waals surface area (Å²) in [5, 5.41) is 2.95. The molecule has 0 aliphatic carbocycles. The molecular formula is C21H23ClFN3O2. The van der Waals surface area contributed by atoms with Gasteiger partial charge in [0, 0.05) is 37.4 Å². The fourth-order valence-electron chi connectivity index (χ4n) is 3.27. The van der Waals surface area contributed by atoms with E-state index in [-0.39, 0.29) is 22.8 Å². The van der Waals surface area contributed by atoms with Crippen LogP contribution in [0.4, 0.5) is 15.8 Å². The SMILES string of the molecule is CC(=O)c1ccc(N2CCN([C@@H](C)C(=O)Nc3ccc(F)cc3Cl)CC2)cc1. The fraction of sp³-hybridized carbons (Fsp3) is 0.333. The maximum absolute atomic E-state index is 13.1. The largest absolute Gasteiger partial charge is 0.369 e. The standard InChI is InChI=1S/C21H23ClFN3O2/c1-14(21(28)24-20-8-5-17(23)13-19(20)22)25-9-11-26(12-10-25)18-6-3-16(4-7-18)15(2)27/h3-8,13-14H,9-12H2,1-2H3,(H,24,28)/t14-/m0/s1. The maximum atomic E-state index is 13.1. The van der Waals surface area contributed by atoms with E-state index in [0.29, 0.717) is 11.3 Å². The predicted molar refractivity (Wildman–Crippen MR) is 110 cm³/mol. The number of nitrogens with zero attached hydrogens (tertiary/aromatic N) is 2. The number of amides is 1. The van der Waals surface area contributed by atoms with Crippen LogP contribution in [0.1, 0.15) is 24.2 Å². The van der Waals surface area contributed by atoms with Crippen LogP contribution in [-0.2, 0) is 4.79 Å². The summed E-state index contributed by atoms with van der Waals surface area (Å²) in [7, 11) is 0. The monoisotopic (exact) mass is 403 g/mol. The normalized spacial score (nSPS) is 15.9. The minimum Gasteiger partial charge on any atom is -0.369 e. The molecule has 1 fully saturated rings. The predicted octanol–water partition coefficient (Wildman–Crippen LogP) is 3.83. The van der Waals surface area contributed by atoms with Crippen LogP contribution < -0.4 is 10.2 Å². The smallest absolute Gasteiger partial charge is 0.241 e. The zero-order valence-electron chi connectivity index (χ0n) is 15.9. The highest BCUT2D eigenvalue weighted by atomic mass is 35.5. The third-order valence-corrected chi connectivity index (χ3v) is 5.38. The van der Waals surface area contributed by atoms with Gasteiger partial charge in [-0.3, -0.25) is 14.5 Å². The number of ketones is 1. The topological polar surface area (TPSA) is 52.7 Å². The van der Waals surface area contributed by atoms with Gasteiger partial charge in [-0.25, -0.2) is 4.39 Å². The molecule has 0 radical (unpaired) electrons. The highest BCUT2D eigenvalue weighted by Crippen LogP contribution is 2.23. The molecule has 1 aliphatic heterocycles. The molecule has 1 saturated heterocycles. The van der Waals surface area contributed by atoms with Crippen molar-refractivity contribution in [2.45, 2.75) is 19.9 Å². The van der Waals surface area contributed by atoms with Gasteiger partial charge in [0.25, 0.3) is 0 Å². The number of Topliss-reactive ketones (excluding diaryl/α,β-unsaturated/α-hetero) is 1. The Hall–Kier alpha value is -2.44. The molecule has 7 heteroatoms. The fourth-order valence-corrected chi connectivity index (χ4v) is 3.48. The van der Waals surface area contributed by atoms with Gasteiger partial charge in [0.05, 0.1) is 16.8 Å². The molecule has 2 aromatic rings. The Bertz CT molecular complexity index is 864. The molecular weight excluding hydrogens is 381 g/mol. The Labute approximate surface area is 169 Å². The minimum atomic E-state index is -0.441. The first kappa shape index (κ1) is 20.3. The van der Waals surface area contributed by atoms with E-state index >= 15 is 0 Å². The number of nitrogens with one attached hydrogen (secondary N) is 1. The summed E-state index contributed by atoms with van der Waals surface area (Å²) in [4.78, 5) is 28.3. The lowest BCUT2D eigenvalue weighted by atomic mass is 10.1. The van der Waals surface area contributed by atoms with E-state index in [1.54, 1.807) is 6.92 Å². The number of piperazine rings is 1. The first-order valence-electron chi connectivity index (χ1n) is 9.21. The van der Waals surface area contributed by atoms with E-state index in [2.05, 4.69) is 15.1 Å². The van der Waals surface area contributed by atoms with E-state index in [9.17, 15) is 14.0 Å². The Morgan fingerprint density at radius 2 is 1.71 bits per heavy atom. The second-order valence-corrected chi connectivity index (χ2v) is 7.32. The second kappa shape index (κ2) is 8.71. The van der Waals surface area contributed by atoms with Gasteiger partial charge in [0.1, 0.15) is 5.82 Å². The molecule has 0 saturated carbocycles. The lowest BCUT2D eigenvalue weighted by Crippen LogP contribution is -2.52. The quantitative estimate of drug-likeness (QED) is 0.771. The summed E-state index contributed by atoms with van der Waals surface area (Å²) in [6.07, 6.45) is 0. The van der Waals surface area contributed by atoms with E-state index in [1.165, 1.54) is 18.2 Å². The molecule has 0 spiro atoms. The molecule has 148 valence electrons. The average molecular weight is 404 g/mol. The molecule has 3 rings (SSSR count). The van der Waals surface area contributed by atoms with Gasteiger partial charge in [0.2, 0.25) is 5.91 Å². The van der Waals surface area contributed by atoms with Crippen molar-refractivity contribution in [1.29, 1.82) is 0 Å². The maximum Gasteiger partial charge on any atom is 0.241 e. The summed E-state index contributed by atoms with van der Waals surface area (Å²) >= 11 is 5.99. The van der Waals surface area contributed by atoms with Crippen LogP contribution in [-0.4, -0.2) is 48.8 Å². The summed E-state index contributed by atoms with van der Waals surface area (Å²) in [6.45, 7) is 6.45. The van der Waals surface area contributed by atoms with Gasteiger partial charge in [-0.05, 0) is 56.3 Å². The zero-order valence-corrected chi connectivity index (χ0v) is 16.7. The van der Waals surface area contributed by atoms with Crippen LogP contribution in [0.5, 0.6) is 0 Å². The Kier molecular flexibility index (Phi) is 6.31. The van der Waals surface area contributed by atoms with E-state index in [0.717, 1.165) is 31.9 Å². The van der Waals surface area contributed by atoms with Crippen molar-refractivity contribution in [2.24, 2.45) is 0 Å². The molecule has 2 aromatic carbocycles. The third-order valence-electron chi connectivity index (χ3n) is 5.07. The van der Waals surface area contributed by atoms with Gasteiger partial charge in [-0.1, -0.05) is 11.6 Å². The van der Waals surface area contributed by atoms with Crippen molar-refractivity contribution >= 4 is 34.7 Å². The van der Waals surface area contributed by atoms with Gasteiger partial charge in [-0.15, -0.1) is 0 Å². The number of hydrogen-bond acceptors (Lipinski definition) is 4. The Balaban J connectivity index is 1.56. The Morgan fingerprint density at radius 3 is 2.29 bits per heavy atom. The number of hydrogen-bond donors (Lipinski definition) is 1. The summed E-state index contributed by atoms with van der Waals surface area (Å²) < 4.78 is 13.1. The number of anilines is 2. The number of carbonyl (C=O) groups excluding carboxylic acids is 2. The van der Waals surface area contributed by atoms with Crippen molar-refractivity contribution in [2.75, 3.05) is 36.4 Å². The van der Waals surface area contributed by atoms with Crippen LogP contribution in [0, 0.1) is 5.82 Å². The van der Waals surface area contributed by atoms with Crippen molar-refractivity contribution < 1.29 is 14.0 Å². The molecule has 5 nitrogen and oxygen atoms in total. The number of benzene rings is 2. The van der Waals surface area contributed by atoms with Gasteiger partial charge in [-0.2, -0.15) is 0 Å². The summed E-state index contributed by atoms with van der Waals surface area (Å²) in [5.74, 6) is -0.561. The number of rotatable bonds is 5. The average Bonchev–Trinajstić information content (AvgIpc) is 2.69. The third kappa shape index (κ3) is 4.69. The highest BCUT2D eigenvalue weighted by Gasteiger charge is 2.26. The molecule has 1 N–H and O–H groups in total. The first-order chi connectivity index (χ1) is 13.3. The summed E-state index contributed by atoms with van der Waals surface area (Å²) in [6, 6.07) is 11.2. The molecule has 28 heavy (non-hydrogen) atoms. The second-order valence-electron chi connectivity index (χ2n) is 6.92. The molecule has 1 amide bonds. The zero-order chi connectivity index (χ0) is 20.3. The van der Waals surface area contributed by atoms with E-state index in [1.807, 2.05) is 31.2 Å². The first-order valence-corrected chi connectivity index (χ1v) is 9.59. The number of halogens is 2. The molecule has 1 atom stereocenters. The lowest BCUT2D eigenvalue weighted by molar-refractivity contribution is -0.120. The van der Waals surface area contributed by atoms with Crippen LogP contribution in [0.2, 0.25) is 5.02 Å². The molecule has 0 unspecified atom stereocenters. The van der Waals surface area contributed by atoms with Crippen LogP contribution in [0.3, 0.4) is 0 Å². The molecule has 1 heterocycles. The molecule has 0 aromatic heterocycles. The summed E-state index contributed by atoms with van der Waals surface area (Å²) in [5.41, 5.74) is 2.18. The highest BCUT2D eigenvalue weighted by molar-refractivity contribution is 6.33. The van der Waals surface area contributed by atoms with Crippen LogP contribution in [0.25, 0.3) is 0 Å². The van der Waals surface area contributed by atoms with Gasteiger partial charge < -0.3 is 10.2 Å². The minimum absolute atomic E-state index is 0.0532. The van der Waals surface area contributed by atoms with E-state index in [4.69, 9.17) is 11.6 Å². The lowest BCUT2D eigenvalue weighted by Gasteiger charge is -2.38. The number of carbonyl (C=O) groups is 2. The van der Waals surface area contributed by atoms with Crippen LogP contribution in [0.15, 0.2) is 42.5 Å². The van der Waals surface area contributed by atoms with Crippen LogP contribution >= 0.6 is 11.6 Å². The van der Waals surface area contributed by atoms with E-state index < -0.39 is 5.82 Å².